The van der Waals surface area contributed by atoms with Crippen LogP contribution in [0.4, 0.5) is 0 Å². The lowest BCUT2D eigenvalue weighted by molar-refractivity contribution is 0.533. The Bertz CT molecular complexity index is 411. The maximum atomic E-state index is 5.14. The quantitative estimate of drug-likeness (QED) is 0.918. The van der Waals surface area contributed by atoms with Crippen molar-refractivity contribution in [2.45, 2.75) is 13.1 Å². The molecule has 0 amide bonds. The second-order valence-electron chi connectivity index (χ2n) is 3.31. The van der Waals surface area contributed by atoms with Gasteiger partial charge >= 0.3 is 0 Å². The molecule has 0 bridgehead atoms. The second-order valence-corrected chi connectivity index (χ2v) is 4.03. The predicted molar refractivity (Wildman–Crippen MR) is 63.4 cm³/mol. The van der Waals surface area contributed by atoms with Crippen molar-refractivity contribution in [3.63, 3.8) is 0 Å². The summed E-state index contributed by atoms with van der Waals surface area (Å²) in [4.78, 5) is 0. The molecular formula is C12H12BrNO. The Labute approximate surface area is 97.4 Å². The maximum absolute atomic E-state index is 5.14. The molecule has 0 saturated heterocycles. The van der Waals surface area contributed by atoms with Gasteiger partial charge < -0.3 is 9.73 Å². The average molecular weight is 266 g/mol. The minimum absolute atomic E-state index is 0.808. The van der Waals surface area contributed by atoms with E-state index < -0.39 is 0 Å². The lowest BCUT2D eigenvalue weighted by Crippen LogP contribution is -2.12. The van der Waals surface area contributed by atoms with E-state index >= 15 is 0 Å². The SMILES string of the molecule is Brc1occc1CNCc1ccccc1. The zero-order valence-corrected chi connectivity index (χ0v) is 9.83. The van der Waals surface area contributed by atoms with Gasteiger partial charge in [-0.25, -0.2) is 0 Å². The molecule has 15 heavy (non-hydrogen) atoms. The smallest absolute Gasteiger partial charge is 0.173 e. The van der Waals surface area contributed by atoms with E-state index in [9.17, 15) is 0 Å². The van der Waals surface area contributed by atoms with E-state index in [1.807, 2.05) is 24.3 Å². The molecule has 0 unspecified atom stereocenters. The normalized spacial score (nSPS) is 10.5. The molecule has 78 valence electrons. The molecule has 2 nitrogen and oxygen atoms in total. The van der Waals surface area contributed by atoms with Gasteiger partial charge in [-0.05, 0) is 27.6 Å². The number of hydrogen-bond donors (Lipinski definition) is 1. The minimum Gasteiger partial charge on any atom is -0.457 e. The van der Waals surface area contributed by atoms with Crippen molar-refractivity contribution in [1.82, 2.24) is 5.32 Å². The first-order valence-electron chi connectivity index (χ1n) is 4.83. The third-order valence-electron chi connectivity index (χ3n) is 2.18. The first kappa shape index (κ1) is 10.5. The number of furan rings is 1. The standard InChI is InChI=1S/C12H12BrNO/c13-12-11(6-7-15-12)9-14-8-10-4-2-1-3-5-10/h1-7,14H,8-9H2. The second kappa shape index (κ2) is 5.14. The third kappa shape index (κ3) is 2.94. The van der Waals surface area contributed by atoms with Gasteiger partial charge in [0.1, 0.15) is 0 Å². The summed E-state index contributed by atoms with van der Waals surface area (Å²) in [6.07, 6.45) is 1.68. The van der Waals surface area contributed by atoms with Crippen LogP contribution in [-0.4, -0.2) is 0 Å². The van der Waals surface area contributed by atoms with Gasteiger partial charge in [-0.2, -0.15) is 0 Å². The molecule has 0 saturated carbocycles. The van der Waals surface area contributed by atoms with Crippen molar-refractivity contribution < 1.29 is 4.42 Å². The van der Waals surface area contributed by atoms with Gasteiger partial charge in [0, 0.05) is 18.7 Å². The average Bonchev–Trinajstić information content (AvgIpc) is 2.66. The Morgan fingerprint density at radius 2 is 1.87 bits per heavy atom. The summed E-state index contributed by atoms with van der Waals surface area (Å²) in [5, 5.41) is 3.35. The predicted octanol–water partition coefficient (Wildman–Crippen LogP) is 3.33. The summed E-state index contributed by atoms with van der Waals surface area (Å²) in [7, 11) is 0. The highest BCUT2D eigenvalue weighted by Crippen LogP contribution is 2.17. The lowest BCUT2D eigenvalue weighted by Gasteiger charge is -2.03. The third-order valence-corrected chi connectivity index (χ3v) is 2.88. The van der Waals surface area contributed by atoms with E-state index in [-0.39, 0.29) is 0 Å². The molecule has 3 heteroatoms. The van der Waals surface area contributed by atoms with E-state index in [2.05, 4.69) is 33.4 Å². The van der Waals surface area contributed by atoms with Crippen molar-refractivity contribution >= 4 is 15.9 Å². The fraction of sp³-hybridized carbons (Fsp3) is 0.167. The fourth-order valence-corrected chi connectivity index (χ4v) is 1.76. The monoisotopic (exact) mass is 265 g/mol. The summed E-state index contributed by atoms with van der Waals surface area (Å²) in [6, 6.07) is 12.3. The van der Waals surface area contributed by atoms with Crippen molar-refractivity contribution in [2.24, 2.45) is 0 Å². The first-order valence-corrected chi connectivity index (χ1v) is 5.62. The van der Waals surface area contributed by atoms with Crippen molar-refractivity contribution in [1.29, 1.82) is 0 Å². The van der Waals surface area contributed by atoms with Gasteiger partial charge in [0.2, 0.25) is 0 Å². The molecular weight excluding hydrogens is 254 g/mol. The van der Waals surface area contributed by atoms with Gasteiger partial charge in [0.05, 0.1) is 6.26 Å². The Hall–Kier alpha value is -1.06. The van der Waals surface area contributed by atoms with E-state index in [0.717, 1.165) is 23.3 Å². The Balaban J connectivity index is 1.83. The van der Waals surface area contributed by atoms with Crippen LogP contribution in [0.15, 0.2) is 51.7 Å². The molecule has 2 aromatic rings. The Morgan fingerprint density at radius 1 is 1.07 bits per heavy atom. The summed E-state index contributed by atoms with van der Waals surface area (Å²) in [5.74, 6) is 0. The van der Waals surface area contributed by atoms with Gasteiger partial charge in [-0.3, -0.25) is 0 Å². The van der Waals surface area contributed by atoms with Crippen LogP contribution in [0.3, 0.4) is 0 Å². The zero-order valence-electron chi connectivity index (χ0n) is 8.24. The zero-order chi connectivity index (χ0) is 10.5. The fourth-order valence-electron chi connectivity index (χ4n) is 1.38. The highest BCUT2D eigenvalue weighted by molar-refractivity contribution is 9.10. The van der Waals surface area contributed by atoms with Crippen LogP contribution in [0, 0.1) is 0 Å². The largest absolute Gasteiger partial charge is 0.457 e. The molecule has 1 heterocycles. The van der Waals surface area contributed by atoms with E-state index in [1.54, 1.807) is 6.26 Å². The summed E-state index contributed by atoms with van der Waals surface area (Å²) in [6.45, 7) is 1.68. The molecule has 2 rings (SSSR count). The minimum atomic E-state index is 0.808. The van der Waals surface area contributed by atoms with Crippen LogP contribution in [0.5, 0.6) is 0 Å². The molecule has 1 aromatic carbocycles. The van der Waals surface area contributed by atoms with Gasteiger partial charge in [0.25, 0.3) is 0 Å². The number of hydrogen-bond acceptors (Lipinski definition) is 2. The molecule has 1 aromatic heterocycles. The van der Waals surface area contributed by atoms with Crippen LogP contribution in [0.25, 0.3) is 0 Å². The van der Waals surface area contributed by atoms with Crippen molar-refractivity contribution in [2.75, 3.05) is 0 Å². The van der Waals surface area contributed by atoms with Gasteiger partial charge in [0.15, 0.2) is 4.67 Å². The molecule has 0 aliphatic heterocycles. The number of nitrogens with one attached hydrogen (secondary N) is 1. The summed E-state index contributed by atoms with van der Waals surface area (Å²) < 4.78 is 5.95. The molecule has 1 N–H and O–H groups in total. The molecule has 0 aliphatic rings. The molecule has 0 radical (unpaired) electrons. The topological polar surface area (TPSA) is 25.2 Å². The summed E-state index contributed by atoms with van der Waals surface area (Å²) in [5.41, 5.74) is 2.43. The van der Waals surface area contributed by atoms with Gasteiger partial charge in [-0.15, -0.1) is 0 Å². The van der Waals surface area contributed by atoms with Crippen LogP contribution in [-0.2, 0) is 13.1 Å². The molecule has 0 fully saturated rings. The van der Waals surface area contributed by atoms with Crippen LogP contribution < -0.4 is 5.32 Å². The van der Waals surface area contributed by atoms with Crippen LogP contribution in [0.1, 0.15) is 11.1 Å². The summed E-state index contributed by atoms with van der Waals surface area (Å²) >= 11 is 3.35. The van der Waals surface area contributed by atoms with E-state index in [4.69, 9.17) is 4.42 Å². The van der Waals surface area contributed by atoms with Gasteiger partial charge in [-0.1, -0.05) is 30.3 Å². The molecule has 0 spiro atoms. The Morgan fingerprint density at radius 3 is 2.53 bits per heavy atom. The first-order chi connectivity index (χ1) is 7.36. The van der Waals surface area contributed by atoms with Crippen molar-refractivity contribution in [3.05, 3.63) is 58.5 Å². The van der Waals surface area contributed by atoms with Crippen LogP contribution in [0.2, 0.25) is 0 Å². The number of halogens is 1. The lowest BCUT2D eigenvalue weighted by atomic mass is 10.2. The molecule has 0 aliphatic carbocycles. The highest BCUT2D eigenvalue weighted by Gasteiger charge is 2.01. The van der Waals surface area contributed by atoms with Crippen LogP contribution >= 0.6 is 15.9 Å². The number of rotatable bonds is 4. The molecule has 0 atom stereocenters. The number of benzene rings is 1. The van der Waals surface area contributed by atoms with E-state index in [1.165, 1.54) is 5.56 Å². The van der Waals surface area contributed by atoms with E-state index in [0.29, 0.717) is 0 Å². The van der Waals surface area contributed by atoms with Crippen molar-refractivity contribution in [3.8, 4) is 0 Å². The maximum Gasteiger partial charge on any atom is 0.173 e. The Kier molecular flexibility index (Phi) is 3.59. The highest BCUT2D eigenvalue weighted by atomic mass is 79.9.